The van der Waals surface area contributed by atoms with E-state index < -0.39 is 0 Å². The van der Waals surface area contributed by atoms with Crippen LogP contribution in [-0.4, -0.2) is 18.6 Å². The van der Waals surface area contributed by atoms with Gasteiger partial charge in [-0.1, -0.05) is 24.9 Å². The van der Waals surface area contributed by atoms with Crippen molar-refractivity contribution in [2.75, 3.05) is 18.0 Å². The maximum absolute atomic E-state index is 6.21. The predicted molar refractivity (Wildman–Crippen MR) is 93.3 cm³/mol. The van der Waals surface area contributed by atoms with Gasteiger partial charge in [-0.05, 0) is 63.3 Å². The van der Waals surface area contributed by atoms with Crippen molar-refractivity contribution in [3.05, 3.63) is 28.8 Å². The number of hydrogen-bond acceptors (Lipinski definition) is 2. The first-order valence-electron chi connectivity index (χ1n) is 8.17. The van der Waals surface area contributed by atoms with E-state index in [9.17, 15) is 0 Å². The molecule has 0 atom stereocenters. The monoisotopic (exact) mass is 308 g/mol. The summed E-state index contributed by atoms with van der Waals surface area (Å²) in [7, 11) is 0. The zero-order chi connectivity index (χ0) is 15.5. The third-order valence-electron chi connectivity index (χ3n) is 4.38. The predicted octanol–water partition coefficient (Wildman–Crippen LogP) is 4.85. The highest BCUT2D eigenvalue weighted by atomic mass is 35.5. The molecule has 118 valence electrons. The second-order valence-electron chi connectivity index (χ2n) is 7.22. The van der Waals surface area contributed by atoms with Gasteiger partial charge in [0, 0.05) is 35.9 Å². The summed E-state index contributed by atoms with van der Waals surface area (Å²) in [6.45, 7) is 12.1. The SMILES string of the molecule is CCC1CCN(c2ccc(Cl)cc2CNC(C)(C)C)CC1. The van der Waals surface area contributed by atoms with Gasteiger partial charge in [0.25, 0.3) is 0 Å². The normalized spacial score (nSPS) is 17.3. The van der Waals surface area contributed by atoms with Crippen LogP contribution in [0.3, 0.4) is 0 Å². The zero-order valence-electron chi connectivity index (χ0n) is 13.9. The molecule has 0 spiro atoms. The summed E-state index contributed by atoms with van der Waals surface area (Å²) >= 11 is 6.21. The first kappa shape index (κ1) is 16.6. The minimum absolute atomic E-state index is 0.120. The highest BCUT2D eigenvalue weighted by Crippen LogP contribution is 2.29. The number of hydrogen-bond donors (Lipinski definition) is 1. The summed E-state index contributed by atoms with van der Waals surface area (Å²) in [6, 6.07) is 6.32. The molecule has 2 nitrogen and oxygen atoms in total. The smallest absolute Gasteiger partial charge is 0.0412 e. The molecule has 21 heavy (non-hydrogen) atoms. The maximum atomic E-state index is 6.21. The van der Waals surface area contributed by atoms with Crippen molar-refractivity contribution in [1.82, 2.24) is 5.32 Å². The van der Waals surface area contributed by atoms with E-state index in [1.165, 1.54) is 43.6 Å². The van der Waals surface area contributed by atoms with Crippen LogP contribution in [0, 0.1) is 5.92 Å². The third-order valence-corrected chi connectivity index (χ3v) is 4.62. The van der Waals surface area contributed by atoms with Crippen LogP contribution < -0.4 is 10.2 Å². The van der Waals surface area contributed by atoms with E-state index in [4.69, 9.17) is 11.6 Å². The van der Waals surface area contributed by atoms with E-state index in [1.54, 1.807) is 0 Å². The standard InChI is InChI=1S/C18H29ClN2/c1-5-14-8-10-21(11-9-14)17-7-6-16(19)12-15(17)13-20-18(2,3)4/h6-7,12,14,20H,5,8-11,13H2,1-4H3. The Bertz CT molecular complexity index is 457. The molecule has 0 saturated carbocycles. The number of nitrogens with zero attached hydrogens (tertiary/aromatic N) is 1. The minimum Gasteiger partial charge on any atom is -0.371 e. The Morgan fingerprint density at radius 1 is 1.24 bits per heavy atom. The molecular weight excluding hydrogens is 280 g/mol. The summed E-state index contributed by atoms with van der Waals surface area (Å²) in [5, 5.41) is 4.41. The molecule has 1 saturated heterocycles. The van der Waals surface area contributed by atoms with Crippen LogP contribution in [0.4, 0.5) is 5.69 Å². The molecule has 0 bridgehead atoms. The molecule has 1 N–H and O–H groups in total. The summed E-state index contributed by atoms with van der Waals surface area (Å²) in [6.07, 6.45) is 3.93. The van der Waals surface area contributed by atoms with Gasteiger partial charge < -0.3 is 10.2 Å². The molecule has 1 aromatic carbocycles. The molecule has 0 unspecified atom stereocenters. The first-order valence-corrected chi connectivity index (χ1v) is 8.55. The van der Waals surface area contributed by atoms with Crippen LogP contribution in [0.15, 0.2) is 18.2 Å². The second-order valence-corrected chi connectivity index (χ2v) is 7.65. The molecular formula is C18H29ClN2. The molecule has 0 aromatic heterocycles. The summed E-state index contributed by atoms with van der Waals surface area (Å²) in [5.74, 6) is 0.907. The molecule has 1 aliphatic heterocycles. The molecule has 1 aliphatic rings. The average Bonchev–Trinajstić information content (AvgIpc) is 2.45. The van der Waals surface area contributed by atoms with Crippen LogP contribution in [0.5, 0.6) is 0 Å². The Balaban J connectivity index is 2.11. The number of benzene rings is 1. The fourth-order valence-electron chi connectivity index (χ4n) is 2.95. The highest BCUT2D eigenvalue weighted by Gasteiger charge is 2.20. The second kappa shape index (κ2) is 7.02. The third kappa shape index (κ3) is 4.89. The molecule has 0 aliphatic carbocycles. The molecule has 1 aromatic rings. The van der Waals surface area contributed by atoms with Crippen molar-refractivity contribution in [1.29, 1.82) is 0 Å². The van der Waals surface area contributed by atoms with Crippen molar-refractivity contribution < 1.29 is 0 Å². The minimum atomic E-state index is 0.120. The van der Waals surface area contributed by atoms with Crippen molar-refractivity contribution in [3.63, 3.8) is 0 Å². The van der Waals surface area contributed by atoms with E-state index >= 15 is 0 Å². The van der Waals surface area contributed by atoms with Gasteiger partial charge >= 0.3 is 0 Å². The maximum Gasteiger partial charge on any atom is 0.0412 e. The summed E-state index contributed by atoms with van der Waals surface area (Å²) < 4.78 is 0. The molecule has 3 heteroatoms. The van der Waals surface area contributed by atoms with Crippen LogP contribution in [0.2, 0.25) is 5.02 Å². The zero-order valence-corrected chi connectivity index (χ0v) is 14.6. The fourth-order valence-corrected chi connectivity index (χ4v) is 3.14. The topological polar surface area (TPSA) is 15.3 Å². The number of nitrogens with one attached hydrogen (secondary N) is 1. The number of halogens is 1. The Labute approximate surface area is 134 Å². The quantitative estimate of drug-likeness (QED) is 0.855. The Morgan fingerprint density at radius 2 is 1.90 bits per heavy atom. The van der Waals surface area contributed by atoms with E-state index in [-0.39, 0.29) is 5.54 Å². The number of piperidine rings is 1. The van der Waals surface area contributed by atoms with E-state index in [1.807, 2.05) is 6.07 Å². The van der Waals surface area contributed by atoms with Gasteiger partial charge in [-0.25, -0.2) is 0 Å². The Hall–Kier alpha value is -0.730. The molecule has 0 amide bonds. The molecule has 1 fully saturated rings. The molecule has 0 radical (unpaired) electrons. The highest BCUT2D eigenvalue weighted by molar-refractivity contribution is 6.30. The lowest BCUT2D eigenvalue weighted by Gasteiger charge is -2.35. The molecule has 2 rings (SSSR count). The lowest BCUT2D eigenvalue weighted by Crippen LogP contribution is -2.37. The van der Waals surface area contributed by atoms with Gasteiger partial charge in [0.2, 0.25) is 0 Å². The van der Waals surface area contributed by atoms with E-state index in [2.05, 4.69) is 50.0 Å². The number of anilines is 1. The largest absolute Gasteiger partial charge is 0.371 e. The van der Waals surface area contributed by atoms with Crippen molar-refractivity contribution in [3.8, 4) is 0 Å². The first-order chi connectivity index (χ1) is 9.89. The van der Waals surface area contributed by atoms with E-state index in [0.717, 1.165) is 17.5 Å². The Morgan fingerprint density at radius 3 is 2.48 bits per heavy atom. The van der Waals surface area contributed by atoms with Crippen LogP contribution >= 0.6 is 11.6 Å². The van der Waals surface area contributed by atoms with Gasteiger partial charge in [-0.3, -0.25) is 0 Å². The van der Waals surface area contributed by atoms with Crippen LogP contribution in [0.1, 0.15) is 52.5 Å². The average molecular weight is 309 g/mol. The molecule has 1 heterocycles. The van der Waals surface area contributed by atoms with Crippen LogP contribution in [-0.2, 0) is 6.54 Å². The summed E-state index contributed by atoms with van der Waals surface area (Å²) in [4.78, 5) is 2.53. The van der Waals surface area contributed by atoms with Crippen molar-refractivity contribution >= 4 is 17.3 Å². The lowest BCUT2D eigenvalue weighted by molar-refractivity contribution is 0.393. The van der Waals surface area contributed by atoms with Crippen LogP contribution in [0.25, 0.3) is 0 Å². The van der Waals surface area contributed by atoms with Gasteiger partial charge in [-0.15, -0.1) is 0 Å². The fraction of sp³-hybridized carbons (Fsp3) is 0.667. The summed E-state index contributed by atoms with van der Waals surface area (Å²) in [5.41, 5.74) is 2.78. The lowest BCUT2D eigenvalue weighted by atomic mass is 9.93. The van der Waals surface area contributed by atoms with Gasteiger partial charge in [0.15, 0.2) is 0 Å². The van der Waals surface area contributed by atoms with Gasteiger partial charge in [-0.2, -0.15) is 0 Å². The number of rotatable bonds is 4. The Kier molecular flexibility index (Phi) is 5.56. The van der Waals surface area contributed by atoms with Gasteiger partial charge in [0.1, 0.15) is 0 Å². The van der Waals surface area contributed by atoms with Gasteiger partial charge in [0.05, 0.1) is 0 Å². The van der Waals surface area contributed by atoms with Crippen molar-refractivity contribution in [2.24, 2.45) is 5.92 Å². The van der Waals surface area contributed by atoms with Crippen molar-refractivity contribution in [2.45, 2.75) is 59.0 Å². The van der Waals surface area contributed by atoms with E-state index in [0.29, 0.717) is 0 Å².